The average molecular weight is 305 g/mol. The van der Waals surface area contributed by atoms with Crippen molar-refractivity contribution in [3.63, 3.8) is 0 Å². The van der Waals surface area contributed by atoms with Gasteiger partial charge in [0.05, 0.1) is 6.04 Å². The van der Waals surface area contributed by atoms with Gasteiger partial charge in [-0.3, -0.25) is 0 Å². The fourth-order valence-electron chi connectivity index (χ4n) is 2.14. The molecule has 1 unspecified atom stereocenters. The van der Waals surface area contributed by atoms with Crippen molar-refractivity contribution < 1.29 is 10.0 Å². The first-order chi connectivity index (χ1) is 10.6. The van der Waals surface area contributed by atoms with Crippen LogP contribution in [0.5, 0.6) is 0 Å². The van der Waals surface area contributed by atoms with Crippen LogP contribution < -0.4 is 5.32 Å². The van der Waals surface area contributed by atoms with E-state index in [1.54, 1.807) is 11.0 Å². The van der Waals surface area contributed by atoms with Gasteiger partial charge < -0.3 is 15.4 Å². The average Bonchev–Trinajstić information content (AvgIpc) is 2.54. The van der Waals surface area contributed by atoms with Gasteiger partial charge in [-0.25, -0.2) is 4.79 Å². The lowest BCUT2D eigenvalue weighted by molar-refractivity contribution is -0.0872. The molecular formula is C17H27N3O2. The van der Waals surface area contributed by atoms with Crippen molar-refractivity contribution in [3.05, 3.63) is 48.6 Å². The quantitative estimate of drug-likeness (QED) is 0.544. The minimum Gasteiger partial charge on any atom is -0.331 e. The maximum atomic E-state index is 12.4. The molecule has 122 valence electrons. The fraction of sp³-hybridized carbons (Fsp3) is 0.471. The molecule has 5 nitrogen and oxygen atoms in total. The number of carbonyl (C=O) groups is 1. The second kappa shape index (κ2) is 9.97. The normalized spacial score (nSPS) is 12.0. The van der Waals surface area contributed by atoms with Gasteiger partial charge in [-0.05, 0) is 18.9 Å². The van der Waals surface area contributed by atoms with E-state index in [1.165, 1.54) is 5.06 Å². The molecule has 5 heteroatoms. The molecule has 0 spiro atoms. The van der Waals surface area contributed by atoms with Gasteiger partial charge in [0.2, 0.25) is 0 Å². The number of rotatable bonds is 9. The first-order valence-corrected chi connectivity index (χ1v) is 7.73. The predicted molar refractivity (Wildman–Crippen MR) is 88.8 cm³/mol. The van der Waals surface area contributed by atoms with Crippen LogP contribution in [0.1, 0.15) is 31.9 Å². The zero-order chi connectivity index (χ0) is 16.4. The topological polar surface area (TPSA) is 55.8 Å². The minimum atomic E-state index is -0.114. The second-order valence-electron chi connectivity index (χ2n) is 5.22. The third kappa shape index (κ3) is 6.28. The molecule has 1 aromatic carbocycles. The first kappa shape index (κ1) is 18.2. The predicted octanol–water partition coefficient (Wildman–Crippen LogP) is 3.05. The van der Waals surface area contributed by atoms with Crippen LogP contribution in [0, 0.1) is 0 Å². The molecule has 0 aliphatic carbocycles. The molecule has 2 N–H and O–H groups in total. The molecule has 1 rings (SSSR count). The molecule has 0 saturated carbocycles. The van der Waals surface area contributed by atoms with Crippen molar-refractivity contribution in [1.82, 2.24) is 15.3 Å². The molecule has 0 saturated heterocycles. The maximum Gasteiger partial charge on any atom is 0.318 e. The summed E-state index contributed by atoms with van der Waals surface area (Å²) in [5.41, 5.74) is 1.07. The van der Waals surface area contributed by atoms with Crippen LogP contribution in [0.2, 0.25) is 0 Å². The number of benzene rings is 1. The third-order valence-corrected chi connectivity index (χ3v) is 3.49. The number of amides is 2. The highest BCUT2D eigenvalue weighted by atomic mass is 16.5. The molecule has 0 bridgehead atoms. The molecule has 0 fully saturated rings. The number of hydrogen-bond donors (Lipinski definition) is 2. The Morgan fingerprint density at radius 2 is 2.05 bits per heavy atom. The first-order valence-electron chi connectivity index (χ1n) is 7.73. The number of urea groups is 1. The Morgan fingerprint density at radius 1 is 1.36 bits per heavy atom. The Balaban J connectivity index is 2.51. The number of hydroxylamine groups is 2. The lowest BCUT2D eigenvalue weighted by atomic mass is 10.1. The van der Waals surface area contributed by atoms with E-state index in [9.17, 15) is 10.0 Å². The van der Waals surface area contributed by atoms with Gasteiger partial charge in [0.1, 0.15) is 0 Å². The summed E-state index contributed by atoms with van der Waals surface area (Å²) in [5.74, 6) is 0. The minimum absolute atomic E-state index is 0.0500. The van der Waals surface area contributed by atoms with Gasteiger partial charge in [-0.2, -0.15) is 5.06 Å². The monoisotopic (exact) mass is 305 g/mol. The van der Waals surface area contributed by atoms with Gasteiger partial charge >= 0.3 is 6.03 Å². The Labute approximate surface area is 133 Å². The fourth-order valence-corrected chi connectivity index (χ4v) is 2.14. The van der Waals surface area contributed by atoms with Crippen molar-refractivity contribution in [2.24, 2.45) is 0 Å². The lowest BCUT2D eigenvalue weighted by Crippen LogP contribution is -2.42. The summed E-state index contributed by atoms with van der Waals surface area (Å²) in [6.07, 6.45) is 2.43. The number of nitrogens with zero attached hydrogens (tertiary/aromatic N) is 2. The molecule has 1 atom stereocenters. The van der Waals surface area contributed by atoms with E-state index in [0.717, 1.165) is 5.56 Å². The molecule has 2 amide bonds. The molecule has 0 aliphatic rings. The standard InChI is InChI=1S/C17H27N3O2/c1-4-12-19(13-9-14-20(22)5-2)17(21)18-15(3)16-10-7-6-8-11-16/h4,6-8,10-11,15,22H,1,5,9,12-14H2,2-3H3,(H,18,21). The summed E-state index contributed by atoms with van der Waals surface area (Å²) < 4.78 is 0. The summed E-state index contributed by atoms with van der Waals surface area (Å²) in [5, 5.41) is 13.7. The molecule has 1 aromatic rings. The van der Waals surface area contributed by atoms with E-state index in [2.05, 4.69) is 11.9 Å². The Morgan fingerprint density at radius 3 is 2.64 bits per heavy atom. The van der Waals surface area contributed by atoms with Crippen LogP contribution in [0.3, 0.4) is 0 Å². The van der Waals surface area contributed by atoms with Crippen LogP contribution in [0.25, 0.3) is 0 Å². The number of nitrogens with one attached hydrogen (secondary N) is 1. The Bertz CT molecular complexity index is 450. The summed E-state index contributed by atoms with van der Waals surface area (Å²) in [7, 11) is 0. The van der Waals surface area contributed by atoms with Gasteiger partial charge in [0.25, 0.3) is 0 Å². The van der Waals surface area contributed by atoms with E-state index in [-0.39, 0.29) is 12.1 Å². The summed E-state index contributed by atoms with van der Waals surface area (Å²) in [6, 6.07) is 9.70. The van der Waals surface area contributed by atoms with Crippen molar-refractivity contribution in [2.75, 3.05) is 26.2 Å². The Hall–Kier alpha value is -1.85. The van der Waals surface area contributed by atoms with E-state index >= 15 is 0 Å². The highest BCUT2D eigenvalue weighted by Gasteiger charge is 2.15. The van der Waals surface area contributed by atoms with E-state index in [0.29, 0.717) is 32.6 Å². The highest BCUT2D eigenvalue weighted by molar-refractivity contribution is 5.74. The van der Waals surface area contributed by atoms with Crippen LogP contribution in [-0.4, -0.2) is 47.4 Å². The van der Waals surface area contributed by atoms with Crippen LogP contribution in [-0.2, 0) is 0 Å². The molecule has 0 heterocycles. The second-order valence-corrected chi connectivity index (χ2v) is 5.22. The molecular weight excluding hydrogens is 278 g/mol. The largest absolute Gasteiger partial charge is 0.331 e. The van der Waals surface area contributed by atoms with Gasteiger partial charge in [-0.1, -0.05) is 43.3 Å². The maximum absolute atomic E-state index is 12.4. The van der Waals surface area contributed by atoms with Gasteiger partial charge in [0.15, 0.2) is 0 Å². The zero-order valence-electron chi connectivity index (χ0n) is 13.5. The molecule has 0 aromatic heterocycles. The van der Waals surface area contributed by atoms with E-state index in [4.69, 9.17) is 0 Å². The van der Waals surface area contributed by atoms with Crippen LogP contribution in [0.4, 0.5) is 4.79 Å². The Kier molecular flexibility index (Phi) is 8.25. The summed E-state index contributed by atoms with van der Waals surface area (Å²) in [4.78, 5) is 14.1. The van der Waals surface area contributed by atoms with E-state index < -0.39 is 0 Å². The van der Waals surface area contributed by atoms with Crippen molar-refractivity contribution >= 4 is 6.03 Å². The SMILES string of the molecule is C=CCN(CCCN(O)CC)C(=O)NC(C)c1ccccc1. The van der Waals surface area contributed by atoms with Gasteiger partial charge in [0, 0.05) is 26.2 Å². The molecule has 22 heavy (non-hydrogen) atoms. The van der Waals surface area contributed by atoms with Gasteiger partial charge in [-0.15, -0.1) is 6.58 Å². The van der Waals surface area contributed by atoms with Crippen molar-refractivity contribution in [2.45, 2.75) is 26.3 Å². The highest BCUT2D eigenvalue weighted by Crippen LogP contribution is 2.11. The van der Waals surface area contributed by atoms with Crippen LogP contribution in [0.15, 0.2) is 43.0 Å². The smallest absolute Gasteiger partial charge is 0.318 e. The van der Waals surface area contributed by atoms with E-state index in [1.807, 2.05) is 44.2 Å². The zero-order valence-corrected chi connectivity index (χ0v) is 13.5. The summed E-state index contributed by atoms with van der Waals surface area (Å²) in [6.45, 7) is 9.75. The molecule has 0 radical (unpaired) electrons. The lowest BCUT2D eigenvalue weighted by Gasteiger charge is -2.25. The number of carbonyl (C=O) groups excluding carboxylic acids is 1. The summed E-state index contributed by atoms with van der Waals surface area (Å²) >= 11 is 0. The van der Waals surface area contributed by atoms with Crippen LogP contribution >= 0.6 is 0 Å². The molecule has 0 aliphatic heterocycles. The van der Waals surface area contributed by atoms with Crippen molar-refractivity contribution in [1.29, 1.82) is 0 Å². The third-order valence-electron chi connectivity index (χ3n) is 3.49. The van der Waals surface area contributed by atoms with Crippen molar-refractivity contribution in [3.8, 4) is 0 Å². The number of hydrogen-bond acceptors (Lipinski definition) is 3.